The lowest BCUT2D eigenvalue weighted by Crippen LogP contribution is -2.46. The number of phosphoric ester groups is 1. The molecule has 0 aliphatic rings. The van der Waals surface area contributed by atoms with Gasteiger partial charge < -0.3 is 24.4 Å². The Kier molecular flexibility index (Phi) is 26.1. The van der Waals surface area contributed by atoms with Gasteiger partial charge in [-0.25, -0.2) is 4.57 Å². The highest BCUT2D eigenvalue weighted by Crippen LogP contribution is 2.35. The first kappa shape index (κ1) is 40.5. The van der Waals surface area contributed by atoms with Crippen LogP contribution in [0.15, 0.2) is 0 Å². The highest BCUT2D eigenvalue weighted by molar-refractivity contribution is 7.46. The van der Waals surface area contributed by atoms with Crippen molar-refractivity contribution in [1.82, 2.24) is 5.32 Å². The number of carboxylic acid groups (broad SMARTS) is 1. The van der Waals surface area contributed by atoms with E-state index in [1.54, 1.807) is 0 Å². The predicted molar refractivity (Wildman–Crippen MR) is 162 cm³/mol. The van der Waals surface area contributed by atoms with Crippen LogP contribution < -0.4 is 5.32 Å². The van der Waals surface area contributed by atoms with Crippen LogP contribution in [0.3, 0.4) is 0 Å². The van der Waals surface area contributed by atoms with Gasteiger partial charge in [0, 0.05) is 19.4 Å². The summed E-state index contributed by atoms with van der Waals surface area (Å²) in [5.41, 5.74) is 0. The molecule has 0 saturated heterocycles. The molecule has 4 N–H and O–H groups in total. The molecule has 0 rings (SSSR count). The summed E-state index contributed by atoms with van der Waals surface area (Å²) in [4.78, 5) is 54.0. The first-order valence-electron chi connectivity index (χ1n) is 16.1. The molecule has 0 saturated carbocycles. The molecule has 0 radical (unpaired) electrons. The Balaban J connectivity index is 4.59. The van der Waals surface area contributed by atoms with Gasteiger partial charge in [-0.3, -0.25) is 24.2 Å². The molecule has 11 nitrogen and oxygen atoms in total. The van der Waals surface area contributed by atoms with Crippen molar-refractivity contribution < 1.29 is 47.8 Å². The number of carboxylic acids is 1. The zero-order chi connectivity index (χ0) is 31.5. The van der Waals surface area contributed by atoms with Crippen LogP contribution in [-0.4, -0.2) is 64.7 Å². The summed E-state index contributed by atoms with van der Waals surface area (Å²) in [7, 11) is -4.87. The quantitative estimate of drug-likeness (QED) is 0.0395. The standard InChI is InChI=1S/C30H58NO10P/c1-3-5-7-9-11-13-15-17-19-21-28(32)39-24-26(23-31-27(30(34)35)25-40-42(36,37)38)41-29(33)22-20-18-16-14-12-10-8-6-4-2/h26-27,31H,3-25H2,1-2H3,(H,34,35)(H2,36,37,38)/t26?,27-/m0/s1. The molecule has 0 heterocycles. The molecule has 0 aromatic rings. The van der Waals surface area contributed by atoms with Gasteiger partial charge in [-0.2, -0.15) is 0 Å². The number of hydrogen-bond acceptors (Lipinski definition) is 8. The van der Waals surface area contributed by atoms with Crippen LogP contribution in [0.5, 0.6) is 0 Å². The van der Waals surface area contributed by atoms with Crippen LogP contribution in [0.2, 0.25) is 0 Å². The van der Waals surface area contributed by atoms with E-state index in [0.717, 1.165) is 38.5 Å². The van der Waals surface area contributed by atoms with Crippen molar-refractivity contribution >= 4 is 25.7 Å². The van der Waals surface area contributed by atoms with Crippen molar-refractivity contribution in [3.8, 4) is 0 Å². The van der Waals surface area contributed by atoms with Crippen LogP contribution in [0.4, 0.5) is 0 Å². The predicted octanol–water partition coefficient (Wildman–Crippen LogP) is 6.44. The number of unbranched alkanes of at least 4 members (excludes halogenated alkanes) is 16. The molecule has 0 spiro atoms. The van der Waals surface area contributed by atoms with Crippen molar-refractivity contribution in [2.24, 2.45) is 0 Å². The average molecular weight is 624 g/mol. The maximum Gasteiger partial charge on any atom is 0.469 e. The monoisotopic (exact) mass is 623 g/mol. The molecule has 0 amide bonds. The van der Waals surface area contributed by atoms with Gasteiger partial charge in [0.1, 0.15) is 18.8 Å². The second-order valence-corrected chi connectivity index (χ2v) is 12.3. The number of carbonyl (C=O) groups is 3. The molecule has 12 heteroatoms. The lowest BCUT2D eigenvalue weighted by molar-refractivity contribution is -0.159. The minimum atomic E-state index is -4.87. The van der Waals surface area contributed by atoms with Gasteiger partial charge in [0.15, 0.2) is 0 Å². The highest BCUT2D eigenvalue weighted by Gasteiger charge is 2.25. The van der Waals surface area contributed by atoms with Crippen molar-refractivity contribution in [2.45, 2.75) is 154 Å². The maximum absolute atomic E-state index is 12.5. The zero-order valence-corrected chi connectivity index (χ0v) is 27.0. The largest absolute Gasteiger partial charge is 0.480 e. The minimum absolute atomic E-state index is 0.197. The normalized spacial score (nSPS) is 13.0. The van der Waals surface area contributed by atoms with Gasteiger partial charge in [-0.05, 0) is 12.8 Å². The molecule has 0 aromatic carbocycles. The number of esters is 2. The molecule has 0 aliphatic carbocycles. The summed E-state index contributed by atoms with van der Waals surface area (Å²) in [6, 6.07) is -1.46. The summed E-state index contributed by atoms with van der Waals surface area (Å²) in [6.45, 7) is 3.14. The van der Waals surface area contributed by atoms with Gasteiger partial charge in [-0.15, -0.1) is 0 Å². The Morgan fingerprint density at radius 2 is 1.10 bits per heavy atom. The lowest BCUT2D eigenvalue weighted by atomic mass is 10.1. The number of phosphoric acid groups is 1. The summed E-state index contributed by atoms with van der Waals surface area (Å²) in [5.74, 6) is -2.29. The molecule has 42 heavy (non-hydrogen) atoms. The number of rotatable bonds is 30. The Morgan fingerprint density at radius 1 is 0.667 bits per heavy atom. The SMILES string of the molecule is CCCCCCCCCCCC(=O)OCC(CN[C@@H](COP(=O)(O)O)C(=O)O)OC(=O)CCCCCCCCCCC. The molecular formula is C30H58NO10P. The maximum atomic E-state index is 12.5. The van der Waals surface area contributed by atoms with Gasteiger partial charge in [0.25, 0.3) is 0 Å². The number of aliphatic carboxylic acids is 1. The molecule has 0 aromatic heterocycles. The molecule has 1 unspecified atom stereocenters. The second-order valence-electron chi connectivity index (χ2n) is 11.0. The Morgan fingerprint density at radius 3 is 1.52 bits per heavy atom. The van der Waals surface area contributed by atoms with Gasteiger partial charge in [0.2, 0.25) is 0 Å². The molecule has 2 atom stereocenters. The van der Waals surface area contributed by atoms with Crippen LogP contribution in [0.25, 0.3) is 0 Å². The van der Waals surface area contributed by atoms with E-state index >= 15 is 0 Å². The third-order valence-corrected chi connectivity index (χ3v) is 7.48. The summed E-state index contributed by atoms with van der Waals surface area (Å²) >= 11 is 0. The van der Waals surface area contributed by atoms with Gasteiger partial charge >= 0.3 is 25.7 Å². The van der Waals surface area contributed by atoms with Crippen LogP contribution in [0.1, 0.15) is 142 Å². The van der Waals surface area contributed by atoms with E-state index in [-0.39, 0.29) is 26.0 Å². The lowest BCUT2D eigenvalue weighted by Gasteiger charge is -2.21. The van der Waals surface area contributed by atoms with Crippen molar-refractivity contribution in [2.75, 3.05) is 19.8 Å². The fourth-order valence-corrected chi connectivity index (χ4v) is 4.80. The van der Waals surface area contributed by atoms with E-state index in [0.29, 0.717) is 12.8 Å². The summed E-state index contributed by atoms with van der Waals surface area (Å²) in [6.07, 6.45) is 19.5. The zero-order valence-electron chi connectivity index (χ0n) is 26.1. The van der Waals surface area contributed by atoms with Crippen LogP contribution in [-0.2, 0) is 32.9 Å². The Hall–Kier alpha value is -1.52. The van der Waals surface area contributed by atoms with E-state index in [1.165, 1.54) is 64.2 Å². The van der Waals surface area contributed by atoms with Crippen LogP contribution >= 0.6 is 7.82 Å². The number of carbonyl (C=O) groups excluding carboxylic acids is 2. The highest BCUT2D eigenvalue weighted by atomic mass is 31.2. The Labute approximate surface area is 253 Å². The molecule has 248 valence electrons. The molecule has 0 fully saturated rings. The van der Waals surface area contributed by atoms with E-state index in [1.807, 2.05) is 0 Å². The average Bonchev–Trinajstić information content (AvgIpc) is 2.93. The second kappa shape index (κ2) is 27.1. The van der Waals surface area contributed by atoms with Crippen molar-refractivity contribution in [1.29, 1.82) is 0 Å². The van der Waals surface area contributed by atoms with Crippen LogP contribution in [0, 0.1) is 0 Å². The minimum Gasteiger partial charge on any atom is -0.480 e. The van der Waals surface area contributed by atoms with E-state index in [4.69, 9.17) is 19.3 Å². The Bertz CT molecular complexity index is 746. The fourth-order valence-electron chi connectivity index (χ4n) is 4.46. The van der Waals surface area contributed by atoms with Gasteiger partial charge in [0.05, 0.1) is 6.61 Å². The van der Waals surface area contributed by atoms with Crippen molar-refractivity contribution in [3.05, 3.63) is 0 Å². The van der Waals surface area contributed by atoms with Gasteiger partial charge in [-0.1, -0.05) is 117 Å². The smallest absolute Gasteiger partial charge is 0.469 e. The third kappa shape index (κ3) is 27.3. The number of hydrogen-bond donors (Lipinski definition) is 4. The summed E-state index contributed by atoms with van der Waals surface area (Å²) in [5, 5.41) is 11.9. The molecule has 0 aliphatic heterocycles. The van der Waals surface area contributed by atoms with Crippen molar-refractivity contribution in [3.63, 3.8) is 0 Å². The summed E-state index contributed by atoms with van der Waals surface area (Å²) < 4.78 is 26.1. The van der Waals surface area contributed by atoms with E-state index < -0.39 is 44.5 Å². The molecular weight excluding hydrogens is 565 g/mol. The topological polar surface area (TPSA) is 169 Å². The number of ether oxygens (including phenoxy) is 2. The van der Waals surface area contributed by atoms with E-state index in [9.17, 15) is 24.1 Å². The first-order chi connectivity index (χ1) is 20.1. The number of nitrogens with one attached hydrogen (secondary N) is 1. The third-order valence-electron chi connectivity index (χ3n) is 7.00. The fraction of sp³-hybridized carbons (Fsp3) is 0.900. The van der Waals surface area contributed by atoms with E-state index in [2.05, 4.69) is 23.7 Å². The first-order valence-corrected chi connectivity index (χ1v) is 17.6. The molecule has 0 bridgehead atoms.